The number of hydrogen-bond acceptors (Lipinski definition) is 2. The summed E-state index contributed by atoms with van der Waals surface area (Å²) in [6.07, 6.45) is 6.22. The topological polar surface area (TPSA) is 51.1 Å². The van der Waals surface area contributed by atoms with Crippen LogP contribution in [0.15, 0.2) is 39.7 Å². The van der Waals surface area contributed by atoms with E-state index in [1.165, 1.54) is 18.9 Å². The molecule has 0 spiro atoms. The highest BCUT2D eigenvalue weighted by Crippen LogP contribution is 2.19. The number of rotatable bonds is 3. The zero-order valence-corrected chi connectivity index (χ0v) is 13.2. The highest BCUT2D eigenvalue weighted by Gasteiger charge is 2.17. The van der Waals surface area contributed by atoms with E-state index in [0.717, 1.165) is 22.8 Å². The SMILES string of the molecule is O=C(Cn1ccc(=O)c2cc(Br)ccc21)NC1CCCC1. The van der Waals surface area contributed by atoms with Crippen molar-refractivity contribution in [2.75, 3.05) is 0 Å². The number of benzene rings is 1. The standard InChI is InChI=1S/C16H17BrN2O2/c17-11-5-6-14-13(9-11)15(20)7-8-19(14)10-16(21)18-12-3-1-2-4-12/h5-9,12H,1-4,10H2,(H,18,21). The molecular weight excluding hydrogens is 332 g/mol. The van der Waals surface area contributed by atoms with Crippen molar-refractivity contribution in [1.29, 1.82) is 0 Å². The summed E-state index contributed by atoms with van der Waals surface area (Å²) in [5.41, 5.74) is 0.756. The Labute approximate surface area is 131 Å². The molecule has 1 heterocycles. The first-order chi connectivity index (χ1) is 10.1. The van der Waals surface area contributed by atoms with Gasteiger partial charge in [0.05, 0.1) is 5.52 Å². The van der Waals surface area contributed by atoms with Gasteiger partial charge in [0.25, 0.3) is 0 Å². The molecule has 5 heteroatoms. The average molecular weight is 349 g/mol. The number of carbonyl (C=O) groups is 1. The smallest absolute Gasteiger partial charge is 0.240 e. The number of halogens is 1. The Morgan fingerprint density at radius 1 is 1.29 bits per heavy atom. The lowest BCUT2D eigenvalue weighted by atomic mass is 10.2. The number of nitrogens with zero attached hydrogens (tertiary/aromatic N) is 1. The van der Waals surface area contributed by atoms with Gasteiger partial charge in [0.1, 0.15) is 6.54 Å². The first-order valence-electron chi connectivity index (χ1n) is 7.21. The molecule has 0 bridgehead atoms. The fourth-order valence-electron chi connectivity index (χ4n) is 2.92. The summed E-state index contributed by atoms with van der Waals surface area (Å²) in [7, 11) is 0. The van der Waals surface area contributed by atoms with E-state index < -0.39 is 0 Å². The molecular formula is C16H17BrN2O2. The molecule has 1 N–H and O–H groups in total. The molecule has 1 amide bonds. The van der Waals surface area contributed by atoms with E-state index in [9.17, 15) is 9.59 Å². The maximum absolute atomic E-state index is 12.1. The zero-order valence-electron chi connectivity index (χ0n) is 11.6. The summed E-state index contributed by atoms with van der Waals surface area (Å²) in [6, 6.07) is 7.37. The zero-order chi connectivity index (χ0) is 14.8. The van der Waals surface area contributed by atoms with E-state index in [0.29, 0.717) is 11.4 Å². The third-order valence-electron chi connectivity index (χ3n) is 3.97. The second-order valence-corrected chi connectivity index (χ2v) is 6.43. The maximum atomic E-state index is 12.1. The van der Waals surface area contributed by atoms with Crippen molar-refractivity contribution >= 4 is 32.7 Å². The number of fused-ring (bicyclic) bond motifs is 1. The molecule has 1 aromatic carbocycles. The second kappa shape index (κ2) is 6.02. The minimum Gasteiger partial charge on any atom is -0.352 e. The number of amides is 1. The van der Waals surface area contributed by atoms with Crippen molar-refractivity contribution in [3.8, 4) is 0 Å². The van der Waals surface area contributed by atoms with Gasteiger partial charge < -0.3 is 9.88 Å². The monoisotopic (exact) mass is 348 g/mol. The fourth-order valence-corrected chi connectivity index (χ4v) is 3.28. The van der Waals surface area contributed by atoms with Crippen LogP contribution < -0.4 is 10.7 Å². The lowest BCUT2D eigenvalue weighted by Gasteiger charge is -2.14. The molecule has 0 aliphatic heterocycles. The van der Waals surface area contributed by atoms with Crippen LogP contribution >= 0.6 is 15.9 Å². The Hall–Kier alpha value is -1.62. The normalized spacial score (nSPS) is 15.5. The van der Waals surface area contributed by atoms with Crippen LogP contribution in [-0.2, 0) is 11.3 Å². The molecule has 0 atom stereocenters. The van der Waals surface area contributed by atoms with Gasteiger partial charge in [-0.15, -0.1) is 0 Å². The van der Waals surface area contributed by atoms with Crippen molar-refractivity contribution in [1.82, 2.24) is 9.88 Å². The Bertz CT molecular complexity index is 733. The molecule has 1 aliphatic rings. The van der Waals surface area contributed by atoms with Crippen LogP contribution in [0.1, 0.15) is 25.7 Å². The predicted octanol–water partition coefficient (Wildman–Crippen LogP) is 2.82. The number of carbonyl (C=O) groups excluding carboxylic acids is 1. The highest BCUT2D eigenvalue weighted by molar-refractivity contribution is 9.10. The number of nitrogens with one attached hydrogen (secondary N) is 1. The van der Waals surface area contributed by atoms with Gasteiger partial charge in [-0.05, 0) is 31.0 Å². The molecule has 21 heavy (non-hydrogen) atoms. The summed E-state index contributed by atoms with van der Waals surface area (Å²) < 4.78 is 2.69. The second-order valence-electron chi connectivity index (χ2n) is 5.52. The van der Waals surface area contributed by atoms with Crippen LogP contribution in [0, 0.1) is 0 Å². The van der Waals surface area contributed by atoms with Gasteiger partial charge >= 0.3 is 0 Å². The van der Waals surface area contributed by atoms with Gasteiger partial charge in [-0.3, -0.25) is 9.59 Å². The molecule has 1 fully saturated rings. The summed E-state index contributed by atoms with van der Waals surface area (Å²) in [5, 5.41) is 3.70. The third-order valence-corrected chi connectivity index (χ3v) is 4.47. The van der Waals surface area contributed by atoms with Crippen LogP contribution in [0.25, 0.3) is 10.9 Å². The van der Waals surface area contributed by atoms with Gasteiger partial charge in [-0.25, -0.2) is 0 Å². The summed E-state index contributed by atoms with van der Waals surface area (Å²) >= 11 is 3.37. The maximum Gasteiger partial charge on any atom is 0.240 e. The van der Waals surface area contributed by atoms with E-state index in [1.54, 1.807) is 12.3 Å². The van der Waals surface area contributed by atoms with Crippen molar-refractivity contribution < 1.29 is 4.79 Å². The summed E-state index contributed by atoms with van der Waals surface area (Å²) in [4.78, 5) is 24.1. The van der Waals surface area contributed by atoms with Crippen LogP contribution in [0.5, 0.6) is 0 Å². The van der Waals surface area contributed by atoms with Gasteiger partial charge in [-0.2, -0.15) is 0 Å². The van der Waals surface area contributed by atoms with Crippen LogP contribution in [0.2, 0.25) is 0 Å². The van der Waals surface area contributed by atoms with Crippen molar-refractivity contribution in [3.63, 3.8) is 0 Å². The summed E-state index contributed by atoms with van der Waals surface area (Å²) in [5.74, 6) is 0.00904. The molecule has 0 unspecified atom stereocenters. The number of pyridine rings is 1. The Balaban J connectivity index is 1.85. The van der Waals surface area contributed by atoms with Crippen LogP contribution in [-0.4, -0.2) is 16.5 Å². The predicted molar refractivity (Wildman–Crippen MR) is 86.3 cm³/mol. The lowest BCUT2D eigenvalue weighted by molar-refractivity contribution is -0.122. The Morgan fingerprint density at radius 2 is 2.05 bits per heavy atom. The van der Waals surface area contributed by atoms with E-state index in [2.05, 4.69) is 21.2 Å². The minimum absolute atomic E-state index is 0.00904. The minimum atomic E-state index is -0.0289. The van der Waals surface area contributed by atoms with Crippen LogP contribution in [0.3, 0.4) is 0 Å². The van der Waals surface area contributed by atoms with Gasteiger partial charge in [0.2, 0.25) is 5.91 Å². The molecule has 3 rings (SSSR count). The molecule has 1 aromatic heterocycles. The third kappa shape index (κ3) is 3.18. The number of hydrogen-bond donors (Lipinski definition) is 1. The first kappa shape index (κ1) is 14.3. The molecule has 0 radical (unpaired) electrons. The number of aromatic nitrogens is 1. The molecule has 1 saturated carbocycles. The first-order valence-corrected chi connectivity index (χ1v) is 8.01. The lowest BCUT2D eigenvalue weighted by Crippen LogP contribution is -2.35. The van der Waals surface area contributed by atoms with Gasteiger partial charge in [0.15, 0.2) is 5.43 Å². The van der Waals surface area contributed by atoms with Crippen molar-refractivity contribution in [2.45, 2.75) is 38.3 Å². The van der Waals surface area contributed by atoms with E-state index in [-0.39, 0.29) is 17.9 Å². The van der Waals surface area contributed by atoms with Gasteiger partial charge in [0, 0.05) is 28.2 Å². The molecule has 110 valence electrons. The van der Waals surface area contributed by atoms with Crippen molar-refractivity contribution in [2.24, 2.45) is 0 Å². The molecule has 1 aliphatic carbocycles. The Kier molecular flexibility index (Phi) is 4.10. The largest absolute Gasteiger partial charge is 0.352 e. The van der Waals surface area contributed by atoms with Crippen molar-refractivity contribution in [3.05, 3.63) is 45.2 Å². The van der Waals surface area contributed by atoms with E-state index in [4.69, 9.17) is 0 Å². The van der Waals surface area contributed by atoms with Gasteiger partial charge in [-0.1, -0.05) is 28.8 Å². The molecule has 4 nitrogen and oxygen atoms in total. The quantitative estimate of drug-likeness (QED) is 0.927. The Morgan fingerprint density at radius 3 is 2.81 bits per heavy atom. The fraction of sp³-hybridized carbons (Fsp3) is 0.375. The van der Waals surface area contributed by atoms with Crippen LogP contribution in [0.4, 0.5) is 0 Å². The molecule has 0 saturated heterocycles. The summed E-state index contributed by atoms with van der Waals surface area (Å²) in [6.45, 7) is 0.245. The van der Waals surface area contributed by atoms with E-state index >= 15 is 0 Å². The highest BCUT2D eigenvalue weighted by atomic mass is 79.9. The molecule has 2 aromatic rings. The average Bonchev–Trinajstić information content (AvgIpc) is 2.95. The van der Waals surface area contributed by atoms with E-state index in [1.807, 2.05) is 16.7 Å².